The molecule has 0 fully saturated rings. The second kappa shape index (κ2) is 10.0. The molecule has 3 rings (SSSR count). The summed E-state index contributed by atoms with van der Waals surface area (Å²) in [6.45, 7) is 7.42. The standard InChI is InChI=1S/C27H26F2O/c1-3-5-7-21-9-13-23(14-10-21)24-15-19-26(20-16-24)30-27(28,29)25-17-11-22(12-18-25)8-6-4-2/h3-4,9-20H,1-2,5-8H2. The van der Waals surface area contributed by atoms with Crippen LogP contribution >= 0.6 is 0 Å². The van der Waals surface area contributed by atoms with Crippen LogP contribution in [-0.2, 0) is 19.0 Å². The summed E-state index contributed by atoms with van der Waals surface area (Å²) in [5.41, 5.74) is 4.06. The Labute approximate surface area is 177 Å². The highest BCUT2D eigenvalue weighted by Crippen LogP contribution is 2.33. The molecular formula is C27H26F2O. The topological polar surface area (TPSA) is 9.23 Å². The van der Waals surface area contributed by atoms with Gasteiger partial charge in [-0.05, 0) is 72.2 Å². The van der Waals surface area contributed by atoms with Crippen LogP contribution in [0.5, 0.6) is 5.75 Å². The van der Waals surface area contributed by atoms with Crippen molar-refractivity contribution in [1.29, 1.82) is 0 Å². The molecule has 1 nitrogen and oxygen atoms in total. The predicted molar refractivity (Wildman–Crippen MR) is 120 cm³/mol. The summed E-state index contributed by atoms with van der Waals surface area (Å²) < 4.78 is 34.1. The summed E-state index contributed by atoms with van der Waals surface area (Å²) in [5, 5.41) is 0. The lowest BCUT2D eigenvalue weighted by Gasteiger charge is -2.19. The van der Waals surface area contributed by atoms with E-state index in [4.69, 9.17) is 4.74 Å². The van der Waals surface area contributed by atoms with Crippen LogP contribution in [0.25, 0.3) is 11.1 Å². The van der Waals surface area contributed by atoms with Crippen molar-refractivity contribution < 1.29 is 13.5 Å². The Morgan fingerprint density at radius 2 is 1.10 bits per heavy atom. The molecule has 3 aromatic carbocycles. The highest BCUT2D eigenvalue weighted by molar-refractivity contribution is 5.64. The Bertz CT molecular complexity index is 955. The van der Waals surface area contributed by atoms with Crippen molar-refractivity contribution in [3.8, 4) is 16.9 Å². The summed E-state index contributed by atoms with van der Waals surface area (Å²) in [6.07, 6.45) is 3.82. The Balaban J connectivity index is 1.66. The molecular weight excluding hydrogens is 378 g/mol. The first-order valence-corrected chi connectivity index (χ1v) is 10.1. The Hall–Kier alpha value is -3.20. The van der Waals surface area contributed by atoms with Gasteiger partial charge in [0, 0.05) is 0 Å². The van der Waals surface area contributed by atoms with E-state index in [1.165, 1.54) is 17.7 Å². The fourth-order valence-corrected chi connectivity index (χ4v) is 3.19. The van der Waals surface area contributed by atoms with E-state index in [-0.39, 0.29) is 11.3 Å². The average Bonchev–Trinajstić information content (AvgIpc) is 2.77. The van der Waals surface area contributed by atoms with Crippen LogP contribution < -0.4 is 4.74 Å². The maximum absolute atomic E-state index is 14.5. The van der Waals surface area contributed by atoms with Crippen LogP contribution in [0.4, 0.5) is 8.78 Å². The Kier molecular flexibility index (Phi) is 7.18. The van der Waals surface area contributed by atoms with Gasteiger partial charge in [-0.15, -0.1) is 13.2 Å². The van der Waals surface area contributed by atoms with Crippen LogP contribution in [-0.4, -0.2) is 0 Å². The molecule has 0 atom stereocenters. The van der Waals surface area contributed by atoms with E-state index >= 15 is 0 Å². The van der Waals surface area contributed by atoms with Crippen molar-refractivity contribution in [1.82, 2.24) is 0 Å². The molecule has 0 aliphatic rings. The number of rotatable bonds is 10. The lowest BCUT2D eigenvalue weighted by Crippen LogP contribution is -2.21. The lowest BCUT2D eigenvalue weighted by atomic mass is 10.0. The van der Waals surface area contributed by atoms with Gasteiger partial charge in [0.25, 0.3) is 0 Å². The highest BCUT2D eigenvalue weighted by Gasteiger charge is 2.34. The van der Waals surface area contributed by atoms with E-state index in [1.807, 2.05) is 24.3 Å². The van der Waals surface area contributed by atoms with Crippen LogP contribution in [0.2, 0.25) is 0 Å². The summed E-state index contributed by atoms with van der Waals surface area (Å²) in [7, 11) is 0. The molecule has 0 radical (unpaired) electrons. The van der Waals surface area contributed by atoms with E-state index in [0.29, 0.717) is 0 Å². The van der Waals surface area contributed by atoms with Gasteiger partial charge in [0.1, 0.15) is 5.75 Å². The van der Waals surface area contributed by atoms with Crippen LogP contribution in [0.3, 0.4) is 0 Å². The summed E-state index contributed by atoms with van der Waals surface area (Å²) in [4.78, 5) is 0. The van der Waals surface area contributed by atoms with Crippen molar-refractivity contribution in [2.24, 2.45) is 0 Å². The summed E-state index contributed by atoms with van der Waals surface area (Å²) in [5.74, 6) is 0.127. The van der Waals surface area contributed by atoms with Gasteiger partial charge in [-0.1, -0.05) is 60.7 Å². The van der Waals surface area contributed by atoms with Crippen LogP contribution in [0.1, 0.15) is 29.5 Å². The predicted octanol–water partition coefficient (Wildman–Crippen LogP) is 7.72. The van der Waals surface area contributed by atoms with E-state index in [9.17, 15) is 8.78 Å². The minimum absolute atomic E-state index is 0.127. The van der Waals surface area contributed by atoms with Crippen LogP contribution in [0, 0.1) is 0 Å². The minimum Gasteiger partial charge on any atom is -0.429 e. The first-order valence-electron chi connectivity index (χ1n) is 10.1. The molecule has 0 saturated heterocycles. The molecule has 154 valence electrons. The lowest BCUT2D eigenvalue weighted by molar-refractivity contribution is -0.185. The van der Waals surface area contributed by atoms with Gasteiger partial charge in [-0.2, -0.15) is 8.78 Å². The van der Waals surface area contributed by atoms with Gasteiger partial charge >= 0.3 is 6.11 Å². The highest BCUT2D eigenvalue weighted by atomic mass is 19.3. The zero-order chi connectivity index (χ0) is 21.4. The number of hydrogen-bond acceptors (Lipinski definition) is 1. The van der Waals surface area contributed by atoms with Gasteiger partial charge in [0.05, 0.1) is 5.56 Å². The zero-order valence-electron chi connectivity index (χ0n) is 17.0. The summed E-state index contributed by atoms with van der Waals surface area (Å²) in [6, 6.07) is 21.2. The summed E-state index contributed by atoms with van der Waals surface area (Å²) >= 11 is 0. The maximum atomic E-state index is 14.5. The normalized spacial score (nSPS) is 11.1. The zero-order valence-corrected chi connectivity index (χ0v) is 17.0. The van der Waals surface area contributed by atoms with Crippen LogP contribution in [0.15, 0.2) is 98.1 Å². The molecule has 30 heavy (non-hydrogen) atoms. The van der Waals surface area contributed by atoms with Crippen molar-refractivity contribution in [3.05, 3.63) is 115 Å². The Morgan fingerprint density at radius 1 is 0.667 bits per heavy atom. The third-order valence-corrected chi connectivity index (χ3v) is 4.95. The van der Waals surface area contributed by atoms with E-state index in [0.717, 1.165) is 42.4 Å². The number of benzene rings is 3. The molecule has 0 amide bonds. The number of ether oxygens (including phenoxy) is 1. The van der Waals surface area contributed by atoms with Gasteiger partial charge < -0.3 is 4.74 Å². The third kappa shape index (κ3) is 5.66. The van der Waals surface area contributed by atoms with Gasteiger partial charge in [0.15, 0.2) is 0 Å². The Morgan fingerprint density at radius 3 is 1.57 bits per heavy atom. The fourth-order valence-electron chi connectivity index (χ4n) is 3.19. The van der Waals surface area contributed by atoms with Crippen molar-refractivity contribution in [3.63, 3.8) is 0 Å². The van der Waals surface area contributed by atoms with E-state index < -0.39 is 6.11 Å². The maximum Gasteiger partial charge on any atom is 0.426 e. The molecule has 0 aromatic heterocycles. The molecule has 0 N–H and O–H groups in total. The number of aryl methyl sites for hydroxylation is 2. The number of hydrogen-bond donors (Lipinski definition) is 0. The molecule has 0 saturated carbocycles. The molecule has 0 heterocycles. The van der Waals surface area contributed by atoms with Gasteiger partial charge in [0.2, 0.25) is 0 Å². The first kappa shape index (κ1) is 21.5. The number of halogens is 2. The average molecular weight is 405 g/mol. The number of alkyl halides is 2. The third-order valence-electron chi connectivity index (χ3n) is 4.95. The molecule has 0 aliphatic heterocycles. The fraction of sp³-hybridized carbons (Fsp3) is 0.185. The number of allylic oxidation sites excluding steroid dienone is 2. The first-order chi connectivity index (χ1) is 14.5. The monoisotopic (exact) mass is 404 g/mol. The van der Waals surface area contributed by atoms with Crippen molar-refractivity contribution in [2.75, 3.05) is 0 Å². The molecule has 3 aromatic rings. The van der Waals surface area contributed by atoms with E-state index in [2.05, 4.69) is 25.3 Å². The molecule has 0 aliphatic carbocycles. The molecule has 0 bridgehead atoms. The van der Waals surface area contributed by atoms with Gasteiger partial charge in [-0.3, -0.25) is 0 Å². The largest absolute Gasteiger partial charge is 0.429 e. The molecule has 0 unspecified atom stereocenters. The van der Waals surface area contributed by atoms with Crippen molar-refractivity contribution in [2.45, 2.75) is 31.8 Å². The SMILES string of the molecule is C=CCCc1ccc(-c2ccc(OC(F)(F)c3ccc(CCC=C)cc3)cc2)cc1. The smallest absolute Gasteiger partial charge is 0.426 e. The minimum atomic E-state index is -3.40. The molecule has 3 heteroatoms. The quantitative estimate of drug-likeness (QED) is 0.314. The van der Waals surface area contributed by atoms with Gasteiger partial charge in [-0.25, -0.2) is 0 Å². The van der Waals surface area contributed by atoms with E-state index in [1.54, 1.807) is 36.4 Å². The second-order valence-corrected chi connectivity index (χ2v) is 7.19. The molecule has 0 spiro atoms. The second-order valence-electron chi connectivity index (χ2n) is 7.19. The van der Waals surface area contributed by atoms with Crippen molar-refractivity contribution >= 4 is 0 Å².